The van der Waals surface area contributed by atoms with E-state index in [2.05, 4.69) is 15.3 Å². The molecular formula is C23H28N4O3. The van der Waals surface area contributed by atoms with Crippen molar-refractivity contribution in [1.82, 2.24) is 15.3 Å². The maximum atomic E-state index is 12.4. The minimum atomic E-state index is -0.461. The molecule has 0 saturated heterocycles. The topological polar surface area (TPSA) is 102 Å². The second-order valence-corrected chi connectivity index (χ2v) is 6.96. The lowest BCUT2D eigenvalue weighted by molar-refractivity contribution is 0.134. The number of rotatable bonds is 10. The maximum Gasteiger partial charge on any atom is 0.408 e. The summed E-state index contributed by atoms with van der Waals surface area (Å²) in [4.78, 5) is 20.2. The number of nitrogens with one attached hydrogen (secondary N) is 2. The van der Waals surface area contributed by atoms with E-state index in [4.69, 9.17) is 15.2 Å². The fraction of sp³-hybridized carbons (Fsp3) is 0.304. The molecule has 1 heterocycles. The van der Waals surface area contributed by atoms with Gasteiger partial charge in [0, 0.05) is 5.56 Å². The number of methoxy groups -OCH3 is 1. The van der Waals surface area contributed by atoms with Crippen LogP contribution in [-0.4, -0.2) is 29.7 Å². The van der Waals surface area contributed by atoms with Crippen molar-refractivity contribution >= 4 is 6.09 Å². The Morgan fingerprint density at radius 2 is 1.90 bits per heavy atom. The number of aromatic nitrogens is 2. The number of hydrogen-bond donors (Lipinski definition) is 3. The van der Waals surface area contributed by atoms with E-state index in [1.165, 1.54) is 0 Å². The van der Waals surface area contributed by atoms with Gasteiger partial charge in [0.25, 0.3) is 0 Å². The van der Waals surface area contributed by atoms with Crippen LogP contribution in [0.25, 0.3) is 11.4 Å². The smallest absolute Gasteiger partial charge is 0.408 e. The molecule has 0 radical (unpaired) electrons. The Labute approximate surface area is 176 Å². The normalized spacial score (nSPS) is 11.7. The number of benzene rings is 2. The molecular weight excluding hydrogens is 380 g/mol. The summed E-state index contributed by atoms with van der Waals surface area (Å²) in [6.07, 6.45) is 3.80. The van der Waals surface area contributed by atoms with E-state index in [-0.39, 0.29) is 12.6 Å². The average Bonchev–Trinajstić information content (AvgIpc) is 3.28. The first-order valence-corrected chi connectivity index (χ1v) is 10.1. The Morgan fingerprint density at radius 1 is 1.13 bits per heavy atom. The number of amides is 1. The molecule has 4 N–H and O–H groups in total. The Hall–Kier alpha value is -3.32. The minimum absolute atomic E-state index is 0.224. The Bertz CT molecular complexity index is 910. The van der Waals surface area contributed by atoms with Gasteiger partial charge in [-0.05, 0) is 55.6 Å². The second kappa shape index (κ2) is 11.0. The third-order valence-electron chi connectivity index (χ3n) is 4.79. The minimum Gasteiger partial charge on any atom is -0.497 e. The summed E-state index contributed by atoms with van der Waals surface area (Å²) < 4.78 is 10.6. The van der Waals surface area contributed by atoms with Gasteiger partial charge in [-0.2, -0.15) is 0 Å². The van der Waals surface area contributed by atoms with Crippen LogP contribution in [0.3, 0.4) is 0 Å². The molecule has 0 aliphatic rings. The van der Waals surface area contributed by atoms with Crippen molar-refractivity contribution in [1.29, 1.82) is 0 Å². The van der Waals surface area contributed by atoms with Crippen molar-refractivity contribution < 1.29 is 14.3 Å². The molecule has 7 nitrogen and oxygen atoms in total. The molecule has 158 valence electrons. The van der Waals surface area contributed by atoms with Crippen molar-refractivity contribution in [2.75, 3.05) is 13.7 Å². The molecule has 1 aromatic heterocycles. The van der Waals surface area contributed by atoms with E-state index in [0.717, 1.165) is 47.7 Å². The van der Waals surface area contributed by atoms with E-state index in [1.807, 2.05) is 54.6 Å². The fourth-order valence-electron chi connectivity index (χ4n) is 3.11. The summed E-state index contributed by atoms with van der Waals surface area (Å²) in [6.45, 7) is 0.841. The summed E-state index contributed by atoms with van der Waals surface area (Å²) in [5, 5.41) is 2.95. The summed E-state index contributed by atoms with van der Waals surface area (Å²) in [5.41, 5.74) is 8.34. The lowest BCUT2D eigenvalue weighted by Crippen LogP contribution is -2.29. The van der Waals surface area contributed by atoms with Gasteiger partial charge in [0.15, 0.2) is 0 Å². The van der Waals surface area contributed by atoms with E-state index in [1.54, 1.807) is 13.3 Å². The van der Waals surface area contributed by atoms with E-state index < -0.39 is 6.09 Å². The van der Waals surface area contributed by atoms with Gasteiger partial charge >= 0.3 is 6.09 Å². The number of H-pyrrole nitrogens is 1. The van der Waals surface area contributed by atoms with E-state index in [9.17, 15) is 4.79 Å². The number of hydrogen-bond acceptors (Lipinski definition) is 5. The quantitative estimate of drug-likeness (QED) is 0.437. The molecule has 1 unspecified atom stereocenters. The highest BCUT2D eigenvalue weighted by atomic mass is 16.5. The number of imidazole rings is 1. The highest BCUT2D eigenvalue weighted by molar-refractivity contribution is 5.68. The molecule has 7 heteroatoms. The maximum absolute atomic E-state index is 12.4. The van der Waals surface area contributed by atoms with Crippen molar-refractivity contribution in [3.8, 4) is 17.1 Å². The number of nitrogens with two attached hydrogens (primary N) is 1. The molecule has 0 aliphatic carbocycles. The van der Waals surface area contributed by atoms with Crippen molar-refractivity contribution in [2.24, 2.45) is 5.73 Å². The molecule has 30 heavy (non-hydrogen) atoms. The van der Waals surface area contributed by atoms with Crippen LogP contribution < -0.4 is 15.8 Å². The molecule has 0 fully saturated rings. The summed E-state index contributed by atoms with van der Waals surface area (Å²) in [5.74, 6) is 1.52. The largest absolute Gasteiger partial charge is 0.497 e. The number of ether oxygens (including phenoxy) is 2. The number of nitrogens with zero attached hydrogens (tertiary/aromatic N) is 1. The van der Waals surface area contributed by atoms with Gasteiger partial charge in [-0.25, -0.2) is 9.78 Å². The number of alkyl carbamates (subject to hydrolysis) is 1. The van der Waals surface area contributed by atoms with Gasteiger partial charge in [-0.3, -0.25) is 0 Å². The molecule has 0 spiro atoms. The van der Waals surface area contributed by atoms with Crippen LogP contribution in [0.1, 0.15) is 36.6 Å². The van der Waals surface area contributed by atoms with Crippen LogP contribution in [0.5, 0.6) is 5.75 Å². The van der Waals surface area contributed by atoms with Crippen LogP contribution >= 0.6 is 0 Å². The molecule has 3 rings (SSSR count). The Kier molecular flexibility index (Phi) is 7.86. The number of unbranched alkanes of at least 4 members (excludes halogenated alkanes) is 1. The van der Waals surface area contributed by atoms with Crippen LogP contribution in [0.4, 0.5) is 4.79 Å². The second-order valence-electron chi connectivity index (χ2n) is 6.96. The van der Waals surface area contributed by atoms with E-state index in [0.29, 0.717) is 6.54 Å². The van der Waals surface area contributed by atoms with Crippen molar-refractivity contribution in [3.63, 3.8) is 0 Å². The molecule has 0 saturated carbocycles. The first-order valence-electron chi connectivity index (χ1n) is 10.1. The zero-order valence-corrected chi connectivity index (χ0v) is 17.1. The number of aromatic amines is 1. The lowest BCUT2D eigenvalue weighted by atomic mass is 10.1. The average molecular weight is 409 g/mol. The van der Waals surface area contributed by atoms with Gasteiger partial charge in [0.2, 0.25) is 0 Å². The standard InChI is InChI=1S/C23H28N4O3/c1-29-19-12-10-18(11-13-19)22-25-15-21(26-22)20(9-5-6-14-24)27-23(28)30-16-17-7-3-2-4-8-17/h2-4,7-8,10-13,15,20H,5-6,9,14,16,24H2,1H3,(H,25,26)(H,27,28). The Balaban J connectivity index is 1.66. The summed E-state index contributed by atoms with van der Waals surface area (Å²) >= 11 is 0. The number of carbonyl (C=O) groups is 1. The molecule has 2 aromatic carbocycles. The first-order chi connectivity index (χ1) is 14.7. The SMILES string of the molecule is COc1ccc(-c2ncc(C(CCCCN)NC(=O)OCc3ccccc3)[nH]2)cc1. The predicted octanol–water partition coefficient (Wildman–Crippen LogP) is 4.18. The van der Waals surface area contributed by atoms with Gasteiger partial charge < -0.3 is 25.5 Å². The third-order valence-corrected chi connectivity index (χ3v) is 4.79. The highest BCUT2D eigenvalue weighted by Crippen LogP contribution is 2.24. The van der Waals surface area contributed by atoms with Crippen molar-refractivity contribution in [3.05, 3.63) is 72.1 Å². The van der Waals surface area contributed by atoms with Gasteiger partial charge in [0.1, 0.15) is 18.2 Å². The van der Waals surface area contributed by atoms with Crippen molar-refractivity contribution in [2.45, 2.75) is 31.9 Å². The zero-order chi connectivity index (χ0) is 21.2. The Morgan fingerprint density at radius 3 is 2.60 bits per heavy atom. The predicted molar refractivity (Wildman–Crippen MR) is 116 cm³/mol. The molecule has 1 amide bonds. The molecule has 0 bridgehead atoms. The summed E-state index contributed by atoms with van der Waals surface area (Å²) in [7, 11) is 1.63. The van der Waals surface area contributed by atoms with Crippen LogP contribution in [0, 0.1) is 0 Å². The van der Waals surface area contributed by atoms with E-state index >= 15 is 0 Å². The van der Waals surface area contributed by atoms with Gasteiger partial charge in [-0.1, -0.05) is 30.3 Å². The molecule has 3 aromatic rings. The summed E-state index contributed by atoms with van der Waals surface area (Å²) in [6, 6.07) is 17.0. The first kappa shape index (κ1) is 21.4. The third kappa shape index (κ3) is 6.09. The van der Waals surface area contributed by atoms with Crippen LogP contribution in [-0.2, 0) is 11.3 Å². The lowest BCUT2D eigenvalue weighted by Gasteiger charge is -2.17. The number of carbonyl (C=O) groups excluding carboxylic acids is 1. The molecule has 0 aliphatic heterocycles. The van der Waals surface area contributed by atoms with Gasteiger partial charge in [0.05, 0.1) is 25.0 Å². The fourth-order valence-corrected chi connectivity index (χ4v) is 3.11. The zero-order valence-electron chi connectivity index (χ0n) is 17.1. The highest BCUT2D eigenvalue weighted by Gasteiger charge is 2.18. The van der Waals surface area contributed by atoms with Gasteiger partial charge in [-0.15, -0.1) is 0 Å². The van der Waals surface area contributed by atoms with Crippen LogP contribution in [0.2, 0.25) is 0 Å². The molecule has 1 atom stereocenters. The van der Waals surface area contributed by atoms with Crippen LogP contribution in [0.15, 0.2) is 60.8 Å². The monoisotopic (exact) mass is 408 g/mol.